The van der Waals surface area contributed by atoms with Crippen molar-refractivity contribution >= 4 is 0 Å². The van der Waals surface area contributed by atoms with Crippen molar-refractivity contribution in [1.82, 2.24) is 0 Å². The van der Waals surface area contributed by atoms with Crippen molar-refractivity contribution in [3.63, 3.8) is 0 Å². The Hall–Kier alpha value is -0.800. The molecule has 0 aromatic heterocycles. The summed E-state index contributed by atoms with van der Waals surface area (Å²) in [5.41, 5.74) is 0. The van der Waals surface area contributed by atoms with Crippen LogP contribution in [0.1, 0.15) is 19.3 Å². The SMILES string of the molecule is C=CCO[NH+]([O-])[C@@H]1C[C@@H](O)CC[C@@H]1[NH+]([O-])OCC=C. The molecule has 7 nitrogen and oxygen atoms in total. The third kappa shape index (κ3) is 5.00. The lowest BCUT2D eigenvalue weighted by molar-refractivity contribution is -1.13. The summed E-state index contributed by atoms with van der Waals surface area (Å²) < 4.78 is 0. The first kappa shape index (κ1) is 16.3. The molecule has 0 spiro atoms. The van der Waals surface area contributed by atoms with Crippen LogP contribution in [0.4, 0.5) is 0 Å². The van der Waals surface area contributed by atoms with Crippen LogP contribution in [0.3, 0.4) is 0 Å². The van der Waals surface area contributed by atoms with Crippen LogP contribution in [-0.2, 0) is 9.68 Å². The highest BCUT2D eigenvalue weighted by Crippen LogP contribution is 2.16. The maximum Gasteiger partial charge on any atom is 0.175 e. The van der Waals surface area contributed by atoms with Gasteiger partial charge in [0.25, 0.3) is 0 Å². The van der Waals surface area contributed by atoms with E-state index < -0.39 is 28.6 Å². The van der Waals surface area contributed by atoms with E-state index in [0.717, 1.165) is 0 Å². The molecule has 110 valence electrons. The van der Waals surface area contributed by atoms with E-state index in [9.17, 15) is 15.5 Å². The summed E-state index contributed by atoms with van der Waals surface area (Å²) in [5, 5.41) is 32.5. The first-order valence-corrected chi connectivity index (χ1v) is 6.33. The molecule has 0 heterocycles. The average molecular weight is 274 g/mol. The zero-order chi connectivity index (χ0) is 14.3. The summed E-state index contributed by atoms with van der Waals surface area (Å²) in [6.07, 6.45) is 3.49. The van der Waals surface area contributed by atoms with Crippen molar-refractivity contribution in [1.29, 1.82) is 0 Å². The predicted octanol–water partition coefficient (Wildman–Crippen LogP) is -1.73. The van der Waals surface area contributed by atoms with Gasteiger partial charge in [0.15, 0.2) is 12.1 Å². The Kier molecular flexibility index (Phi) is 7.17. The van der Waals surface area contributed by atoms with Crippen LogP contribution >= 0.6 is 0 Å². The van der Waals surface area contributed by atoms with Gasteiger partial charge >= 0.3 is 0 Å². The van der Waals surface area contributed by atoms with E-state index in [-0.39, 0.29) is 19.6 Å². The van der Waals surface area contributed by atoms with Crippen molar-refractivity contribution in [2.75, 3.05) is 13.2 Å². The minimum atomic E-state index is -0.652. The molecule has 0 radical (unpaired) electrons. The number of aliphatic hydroxyl groups is 1. The molecular weight excluding hydrogens is 252 g/mol. The number of hydroxylamine groups is 4. The van der Waals surface area contributed by atoms with Gasteiger partial charge in [-0.05, 0) is 6.42 Å². The molecule has 0 bridgehead atoms. The standard InChI is InChI=1S/C12H22N2O5/c1-3-7-18-13(16)11-6-5-10(15)9-12(11)14(17)19-8-4-2/h3-4,10-15H,1-2,5-9H2/t10-,11-,12+/m0/s1. The summed E-state index contributed by atoms with van der Waals surface area (Å²) in [5.74, 6) is 0. The number of nitrogens with one attached hydrogen (secondary N) is 2. The Balaban J connectivity index is 2.63. The molecule has 0 aromatic carbocycles. The van der Waals surface area contributed by atoms with Gasteiger partial charge in [-0.3, -0.25) is 0 Å². The molecule has 19 heavy (non-hydrogen) atoms. The van der Waals surface area contributed by atoms with Gasteiger partial charge in [0.2, 0.25) is 0 Å². The maximum absolute atomic E-state index is 11.9. The number of rotatable bonds is 8. The molecule has 0 aromatic rings. The quantitative estimate of drug-likeness (QED) is 0.361. The van der Waals surface area contributed by atoms with Crippen LogP contribution < -0.4 is 10.5 Å². The number of hydrogen-bond acceptors (Lipinski definition) is 5. The molecular formula is C12H22N2O5. The van der Waals surface area contributed by atoms with E-state index in [1.54, 1.807) is 0 Å². The van der Waals surface area contributed by atoms with Gasteiger partial charge < -0.3 is 15.5 Å². The number of aliphatic hydroxyl groups excluding tert-OH is 1. The topological polar surface area (TPSA) is 93.7 Å². The Morgan fingerprint density at radius 2 is 1.58 bits per heavy atom. The lowest BCUT2D eigenvalue weighted by Gasteiger charge is -2.41. The van der Waals surface area contributed by atoms with Gasteiger partial charge in [0, 0.05) is 12.8 Å². The van der Waals surface area contributed by atoms with E-state index in [2.05, 4.69) is 13.2 Å². The summed E-state index contributed by atoms with van der Waals surface area (Å²) >= 11 is 0. The highest BCUT2D eigenvalue weighted by molar-refractivity contribution is 4.79. The van der Waals surface area contributed by atoms with Gasteiger partial charge in [0.05, 0.1) is 6.10 Å². The molecule has 7 heteroatoms. The van der Waals surface area contributed by atoms with Gasteiger partial charge in [-0.1, -0.05) is 12.2 Å². The van der Waals surface area contributed by atoms with Crippen molar-refractivity contribution in [3.05, 3.63) is 35.7 Å². The summed E-state index contributed by atoms with van der Waals surface area (Å²) in [4.78, 5) is 9.95. The summed E-state index contributed by atoms with van der Waals surface area (Å²) in [6, 6.07) is -1.21. The lowest BCUT2D eigenvalue weighted by atomic mass is 9.89. The zero-order valence-electron chi connectivity index (χ0n) is 10.9. The minimum absolute atomic E-state index is 0.0971. The van der Waals surface area contributed by atoms with Gasteiger partial charge in [0.1, 0.15) is 13.2 Å². The Labute approximate surface area is 112 Å². The first-order chi connectivity index (χ1) is 9.10. The fraction of sp³-hybridized carbons (Fsp3) is 0.667. The average Bonchev–Trinajstić information content (AvgIpc) is 2.41. The van der Waals surface area contributed by atoms with Crippen molar-refractivity contribution in [2.24, 2.45) is 0 Å². The smallest absolute Gasteiger partial charge is 0.175 e. The van der Waals surface area contributed by atoms with Gasteiger partial charge in [-0.15, -0.1) is 13.2 Å². The fourth-order valence-corrected chi connectivity index (χ4v) is 2.19. The second-order valence-corrected chi connectivity index (χ2v) is 4.52. The first-order valence-electron chi connectivity index (χ1n) is 6.33. The van der Waals surface area contributed by atoms with Crippen LogP contribution in [0.2, 0.25) is 0 Å². The monoisotopic (exact) mass is 274 g/mol. The van der Waals surface area contributed by atoms with Gasteiger partial charge in [-0.2, -0.15) is 9.68 Å². The minimum Gasteiger partial charge on any atom is -0.599 e. The molecule has 1 fully saturated rings. The predicted molar refractivity (Wildman–Crippen MR) is 68.4 cm³/mol. The van der Waals surface area contributed by atoms with E-state index in [0.29, 0.717) is 12.8 Å². The Morgan fingerprint density at radius 3 is 2.11 bits per heavy atom. The third-order valence-electron chi connectivity index (χ3n) is 3.11. The van der Waals surface area contributed by atoms with E-state index in [1.807, 2.05) is 0 Å². The third-order valence-corrected chi connectivity index (χ3v) is 3.11. The van der Waals surface area contributed by atoms with E-state index >= 15 is 0 Å². The molecule has 0 saturated heterocycles. The Morgan fingerprint density at radius 1 is 1.05 bits per heavy atom. The second-order valence-electron chi connectivity index (χ2n) is 4.52. The highest BCUT2D eigenvalue weighted by atomic mass is 16.9. The van der Waals surface area contributed by atoms with Crippen LogP contribution in [0.15, 0.2) is 25.3 Å². The zero-order valence-corrected chi connectivity index (χ0v) is 10.9. The Bertz CT molecular complexity index is 289. The molecule has 3 N–H and O–H groups in total. The highest BCUT2D eigenvalue weighted by Gasteiger charge is 2.40. The van der Waals surface area contributed by atoms with Crippen molar-refractivity contribution in [2.45, 2.75) is 37.5 Å². The molecule has 1 saturated carbocycles. The molecule has 1 aliphatic carbocycles. The molecule has 0 aliphatic heterocycles. The molecule has 1 aliphatic rings. The molecule has 2 unspecified atom stereocenters. The molecule has 1 rings (SSSR count). The maximum atomic E-state index is 11.9. The number of quaternary nitrogens is 2. The van der Waals surface area contributed by atoms with Gasteiger partial charge in [-0.25, -0.2) is 10.5 Å². The van der Waals surface area contributed by atoms with Crippen LogP contribution in [-0.4, -0.2) is 36.5 Å². The van der Waals surface area contributed by atoms with E-state index in [1.165, 1.54) is 12.2 Å². The van der Waals surface area contributed by atoms with Crippen LogP contribution in [0.25, 0.3) is 0 Å². The molecule has 0 amide bonds. The normalized spacial score (nSPS) is 30.6. The van der Waals surface area contributed by atoms with Crippen LogP contribution in [0.5, 0.6) is 0 Å². The largest absolute Gasteiger partial charge is 0.599 e. The second kappa shape index (κ2) is 8.39. The van der Waals surface area contributed by atoms with Crippen LogP contribution in [0, 0.1) is 10.4 Å². The summed E-state index contributed by atoms with van der Waals surface area (Å²) in [6.45, 7) is 7.14. The lowest BCUT2D eigenvalue weighted by Crippen LogP contribution is -3.22. The fourth-order valence-electron chi connectivity index (χ4n) is 2.19. The van der Waals surface area contributed by atoms with E-state index in [4.69, 9.17) is 9.68 Å². The molecule has 5 atom stereocenters. The number of hydrogen-bond donors (Lipinski definition) is 3. The summed E-state index contributed by atoms with van der Waals surface area (Å²) in [7, 11) is 0. The van der Waals surface area contributed by atoms with Crippen molar-refractivity contribution < 1.29 is 25.2 Å². The van der Waals surface area contributed by atoms with Crippen molar-refractivity contribution in [3.8, 4) is 0 Å².